The Morgan fingerprint density at radius 2 is 1.25 bits per heavy atom. The van der Waals surface area contributed by atoms with Gasteiger partial charge in [0.2, 0.25) is 0 Å². The molecule has 0 N–H and O–H groups in total. The lowest BCUT2D eigenvalue weighted by atomic mass is 9.99. The number of aromatic nitrogens is 4. The molecule has 4 heterocycles. The molecule has 6 rings (SSSR count). The summed E-state index contributed by atoms with van der Waals surface area (Å²) in [6, 6.07) is 12.6. The second kappa shape index (κ2) is 10.6. The summed E-state index contributed by atoms with van der Waals surface area (Å²) in [6.07, 6.45) is 4.78. The standard InChI is InChI=1S/C32H30N4O2S2/c1-19-7-10-24(22(4)13-19)26-16-40-30-28(26)32(38)36(18-34-30)12-6-5-11-35-17-33-29-27(31(35)37)25(15-39-29)23-9-8-20(2)21(3)14-23/h7-10,13-18H,5-6,11-12H2,1-4H3. The maximum Gasteiger partial charge on any atom is 0.262 e. The van der Waals surface area contributed by atoms with Crippen molar-refractivity contribution in [1.82, 2.24) is 19.1 Å². The predicted molar refractivity (Wildman–Crippen MR) is 167 cm³/mol. The van der Waals surface area contributed by atoms with Crippen LogP contribution in [-0.4, -0.2) is 19.1 Å². The van der Waals surface area contributed by atoms with E-state index in [0.717, 1.165) is 50.3 Å². The van der Waals surface area contributed by atoms with Crippen molar-refractivity contribution in [2.45, 2.75) is 53.6 Å². The van der Waals surface area contributed by atoms with Gasteiger partial charge in [-0.2, -0.15) is 0 Å². The van der Waals surface area contributed by atoms with Crippen LogP contribution in [0.2, 0.25) is 0 Å². The van der Waals surface area contributed by atoms with Crippen LogP contribution in [0.3, 0.4) is 0 Å². The van der Waals surface area contributed by atoms with Gasteiger partial charge in [0.25, 0.3) is 11.1 Å². The van der Waals surface area contributed by atoms with E-state index in [1.807, 2.05) is 10.8 Å². The van der Waals surface area contributed by atoms with Crippen molar-refractivity contribution in [2.24, 2.45) is 0 Å². The summed E-state index contributed by atoms with van der Waals surface area (Å²) in [7, 11) is 0. The first kappa shape index (κ1) is 26.3. The summed E-state index contributed by atoms with van der Waals surface area (Å²) in [5.41, 5.74) is 8.75. The van der Waals surface area contributed by atoms with E-state index < -0.39 is 0 Å². The van der Waals surface area contributed by atoms with Gasteiger partial charge in [0.05, 0.1) is 23.4 Å². The van der Waals surface area contributed by atoms with Crippen LogP contribution < -0.4 is 11.1 Å². The van der Waals surface area contributed by atoms with Crippen LogP contribution >= 0.6 is 22.7 Å². The Kier molecular flexibility index (Phi) is 6.98. The molecule has 0 spiro atoms. The number of hydrogen-bond acceptors (Lipinski definition) is 6. The molecule has 0 aliphatic heterocycles. The minimum absolute atomic E-state index is 0.0159. The van der Waals surface area contributed by atoms with Crippen LogP contribution in [0, 0.1) is 27.7 Å². The Morgan fingerprint density at radius 3 is 1.85 bits per heavy atom. The highest BCUT2D eigenvalue weighted by atomic mass is 32.1. The Balaban J connectivity index is 1.21. The third-order valence-electron chi connectivity index (χ3n) is 7.66. The molecule has 0 fully saturated rings. The third kappa shape index (κ3) is 4.71. The molecule has 0 atom stereocenters. The molecule has 0 radical (unpaired) electrons. The van der Waals surface area contributed by atoms with E-state index >= 15 is 0 Å². The monoisotopic (exact) mass is 566 g/mol. The quantitative estimate of drug-likeness (QED) is 0.191. The van der Waals surface area contributed by atoms with Crippen molar-refractivity contribution in [2.75, 3.05) is 0 Å². The molecule has 0 aliphatic rings. The van der Waals surface area contributed by atoms with Gasteiger partial charge in [-0.3, -0.25) is 18.7 Å². The highest BCUT2D eigenvalue weighted by molar-refractivity contribution is 7.17. The van der Waals surface area contributed by atoms with Crippen molar-refractivity contribution in [1.29, 1.82) is 0 Å². The fourth-order valence-corrected chi connectivity index (χ4v) is 7.06. The Hall–Kier alpha value is -3.88. The molecule has 0 unspecified atom stereocenters. The normalized spacial score (nSPS) is 11.6. The van der Waals surface area contributed by atoms with Crippen molar-refractivity contribution in [3.8, 4) is 22.3 Å². The first-order valence-electron chi connectivity index (χ1n) is 13.4. The van der Waals surface area contributed by atoms with Crippen LogP contribution in [-0.2, 0) is 13.1 Å². The van der Waals surface area contributed by atoms with Gasteiger partial charge in [0.15, 0.2) is 0 Å². The molecule has 0 amide bonds. The molecular formula is C32H30N4O2S2. The van der Waals surface area contributed by atoms with Gasteiger partial charge < -0.3 is 0 Å². The molecular weight excluding hydrogens is 537 g/mol. The second-order valence-electron chi connectivity index (χ2n) is 10.5. The van der Waals surface area contributed by atoms with Crippen LogP contribution in [0.1, 0.15) is 35.1 Å². The average Bonchev–Trinajstić information content (AvgIpc) is 3.56. The van der Waals surface area contributed by atoms with E-state index in [1.54, 1.807) is 21.8 Å². The van der Waals surface area contributed by atoms with Crippen LogP contribution in [0.5, 0.6) is 0 Å². The van der Waals surface area contributed by atoms with Gasteiger partial charge in [-0.15, -0.1) is 22.7 Å². The van der Waals surface area contributed by atoms with E-state index in [9.17, 15) is 9.59 Å². The number of unbranched alkanes of at least 4 members (excludes halogenated alkanes) is 1. The largest absolute Gasteiger partial charge is 0.299 e. The second-order valence-corrected chi connectivity index (χ2v) is 12.2. The first-order valence-corrected chi connectivity index (χ1v) is 15.2. The van der Waals surface area contributed by atoms with Crippen molar-refractivity contribution in [3.63, 3.8) is 0 Å². The fourth-order valence-electron chi connectivity index (χ4n) is 5.25. The Bertz CT molecular complexity index is 2010. The van der Waals surface area contributed by atoms with E-state index in [-0.39, 0.29) is 11.1 Å². The summed E-state index contributed by atoms with van der Waals surface area (Å²) < 4.78 is 3.39. The summed E-state index contributed by atoms with van der Waals surface area (Å²) in [6.45, 7) is 9.41. The zero-order valence-electron chi connectivity index (χ0n) is 23.0. The number of hydrogen-bond donors (Lipinski definition) is 0. The van der Waals surface area contributed by atoms with E-state index in [2.05, 4.69) is 74.1 Å². The number of benzene rings is 2. The lowest BCUT2D eigenvalue weighted by Crippen LogP contribution is -2.22. The molecule has 2 aromatic carbocycles. The smallest absolute Gasteiger partial charge is 0.262 e. The minimum Gasteiger partial charge on any atom is -0.299 e. The number of aryl methyl sites for hydroxylation is 6. The summed E-state index contributed by atoms with van der Waals surface area (Å²) >= 11 is 3.01. The zero-order chi connectivity index (χ0) is 28.0. The third-order valence-corrected chi connectivity index (χ3v) is 9.43. The molecule has 4 aromatic heterocycles. The Labute approximate surface area is 240 Å². The Morgan fingerprint density at radius 1 is 0.650 bits per heavy atom. The fraction of sp³-hybridized carbons (Fsp3) is 0.250. The van der Waals surface area contributed by atoms with Crippen LogP contribution in [0.15, 0.2) is 69.4 Å². The number of thiophene rings is 2. The topological polar surface area (TPSA) is 69.8 Å². The maximum atomic E-state index is 13.5. The van der Waals surface area contributed by atoms with Crippen molar-refractivity contribution < 1.29 is 0 Å². The molecule has 6 aromatic rings. The van der Waals surface area contributed by atoms with Gasteiger partial charge in [-0.25, -0.2) is 9.97 Å². The number of rotatable bonds is 7. The van der Waals surface area contributed by atoms with Crippen LogP contribution in [0.25, 0.3) is 42.7 Å². The van der Waals surface area contributed by atoms with E-state index in [0.29, 0.717) is 23.9 Å². The zero-order valence-corrected chi connectivity index (χ0v) is 24.7. The highest BCUT2D eigenvalue weighted by Crippen LogP contribution is 2.33. The molecule has 8 heteroatoms. The van der Waals surface area contributed by atoms with E-state index in [4.69, 9.17) is 0 Å². The maximum absolute atomic E-state index is 13.5. The predicted octanol–water partition coefficient (Wildman–Crippen LogP) is 7.28. The molecule has 0 saturated carbocycles. The van der Waals surface area contributed by atoms with Gasteiger partial charge in [0, 0.05) is 35.0 Å². The van der Waals surface area contributed by atoms with Gasteiger partial charge >= 0.3 is 0 Å². The minimum atomic E-state index is -0.0175. The van der Waals surface area contributed by atoms with Crippen LogP contribution in [0.4, 0.5) is 0 Å². The summed E-state index contributed by atoms with van der Waals surface area (Å²) in [4.78, 5) is 37.6. The summed E-state index contributed by atoms with van der Waals surface area (Å²) in [5.74, 6) is 0. The first-order chi connectivity index (χ1) is 19.3. The lowest BCUT2D eigenvalue weighted by Gasteiger charge is -2.09. The highest BCUT2D eigenvalue weighted by Gasteiger charge is 2.16. The molecule has 0 saturated heterocycles. The number of nitrogens with zero attached hydrogens (tertiary/aromatic N) is 4. The lowest BCUT2D eigenvalue weighted by molar-refractivity contribution is 0.533. The molecule has 0 aliphatic carbocycles. The van der Waals surface area contributed by atoms with Crippen molar-refractivity contribution in [3.05, 3.63) is 103 Å². The van der Waals surface area contributed by atoms with Gasteiger partial charge in [-0.1, -0.05) is 42.0 Å². The number of fused-ring (bicyclic) bond motifs is 2. The molecule has 0 bridgehead atoms. The SMILES string of the molecule is Cc1ccc(-c2csc3ncn(CCCCn4cnc5scc(-c6ccc(C)c(C)c6)c5c4=O)c(=O)c23)c(C)c1. The molecule has 202 valence electrons. The summed E-state index contributed by atoms with van der Waals surface area (Å²) in [5, 5.41) is 5.42. The van der Waals surface area contributed by atoms with Crippen molar-refractivity contribution >= 4 is 43.1 Å². The average molecular weight is 567 g/mol. The van der Waals surface area contributed by atoms with E-state index in [1.165, 1.54) is 39.4 Å². The molecule has 40 heavy (non-hydrogen) atoms. The van der Waals surface area contributed by atoms with Gasteiger partial charge in [-0.05, 0) is 68.4 Å². The molecule has 6 nitrogen and oxygen atoms in total. The van der Waals surface area contributed by atoms with Gasteiger partial charge in [0.1, 0.15) is 9.66 Å².